The summed E-state index contributed by atoms with van der Waals surface area (Å²) in [6.45, 7) is 6.70. The molecule has 0 bridgehead atoms. The van der Waals surface area contributed by atoms with Gasteiger partial charge in [0.05, 0.1) is 11.4 Å². The van der Waals surface area contributed by atoms with Crippen LogP contribution in [0.5, 0.6) is 0 Å². The van der Waals surface area contributed by atoms with E-state index in [9.17, 15) is 0 Å². The molecule has 2 aromatic heterocycles. The first-order chi connectivity index (χ1) is 18.0. The molecule has 2 nitrogen and oxygen atoms in total. The number of benzene rings is 2. The summed E-state index contributed by atoms with van der Waals surface area (Å²) in [5, 5.41) is 2.42. The van der Waals surface area contributed by atoms with Crippen LogP contribution >= 0.6 is 0 Å². The number of hydrogen-bond donors (Lipinski definition) is 0. The topological polar surface area (TPSA) is 25.8 Å². The molecule has 6 rings (SSSR count). The Kier molecular flexibility index (Phi) is 13.8. The molecule has 0 spiro atoms. The van der Waals surface area contributed by atoms with E-state index in [2.05, 4.69) is 96.7 Å². The van der Waals surface area contributed by atoms with Gasteiger partial charge in [-0.25, -0.2) is 12.1 Å². The number of aromatic nitrogens is 2. The van der Waals surface area contributed by atoms with Crippen LogP contribution in [0.3, 0.4) is 0 Å². The van der Waals surface area contributed by atoms with Crippen molar-refractivity contribution in [3.63, 3.8) is 0 Å². The summed E-state index contributed by atoms with van der Waals surface area (Å²) in [4.78, 5) is 9.13. The minimum atomic E-state index is 0. The number of halogens is 2. The van der Waals surface area contributed by atoms with E-state index in [1.807, 2.05) is 60.9 Å². The van der Waals surface area contributed by atoms with Gasteiger partial charge >= 0.3 is 41.9 Å². The summed E-state index contributed by atoms with van der Waals surface area (Å²) in [7, 11) is 0. The molecule has 0 unspecified atom stereocenters. The molecular formula is C33H30Cl2N2SiZr-2. The fourth-order valence-corrected chi connectivity index (χ4v) is 4.00. The molecule has 6 aromatic rings. The number of fused-ring (bicyclic) bond motifs is 1. The van der Waals surface area contributed by atoms with Crippen LogP contribution in [0.2, 0.25) is 13.1 Å². The molecule has 39 heavy (non-hydrogen) atoms. The molecule has 196 valence electrons. The van der Waals surface area contributed by atoms with Crippen LogP contribution in [0.15, 0.2) is 128 Å². The molecule has 0 radical (unpaired) electrons. The summed E-state index contributed by atoms with van der Waals surface area (Å²) in [5.41, 5.74) is 8.19. The second-order valence-corrected chi connectivity index (χ2v) is 18.4. The molecule has 0 saturated heterocycles. The quantitative estimate of drug-likeness (QED) is 0.219. The third-order valence-electron chi connectivity index (χ3n) is 5.66. The minimum Gasteiger partial charge on any atom is -1.00 e. The van der Waals surface area contributed by atoms with Crippen molar-refractivity contribution in [2.75, 3.05) is 0 Å². The van der Waals surface area contributed by atoms with Crippen LogP contribution in [0.1, 0.15) is 5.56 Å². The van der Waals surface area contributed by atoms with Crippen molar-refractivity contribution in [2.24, 2.45) is 0 Å². The first kappa shape index (κ1) is 32.6. The van der Waals surface area contributed by atoms with Crippen molar-refractivity contribution in [2.45, 2.75) is 20.0 Å². The van der Waals surface area contributed by atoms with Crippen molar-refractivity contribution >= 4 is 16.2 Å². The van der Waals surface area contributed by atoms with Gasteiger partial charge < -0.3 is 24.8 Å². The van der Waals surface area contributed by atoms with Crippen LogP contribution in [0.4, 0.5) is 0 Å². The Balaban J connectivity index is 0.000000380. The molecular weight excluding hydrogens is 615 g/mol. The van der Waals surface area contributed by atoms with Gasteiger partial charge in [0.1, 0.15) is 0 Å². The second-order valence-electron chi connectivity index (χ2n) is 9.03. The molecule has 0 atom stereocenters. The zero-order valence-corrected chi connectivity index (χ0v) is 27.2. The number of rotatable bonds is 3. The van der Waals surface area contributed by atoms with Gasteiger partial charge in [0.15, 0.2) is 0 Å². The Bertz CT molecular complexity index is 1550. The maximum absolute atomic E-state index is 4.60. The van der Waals surface area contributed by atoms with E-state index in [0.717, 1.165) is 22.5 Å². The first-order valence-corrected chi connectivity index (χ1v) is 18.5. The number of nitrogens with zero attached hydrogens (tertiary/aromatic N) is 2. The standard InChI is InChI=1S/C25H17N2.C6H7.C2H6Si.2ClH.Zr/c1-2-8-18(9-3-1)19-14-20-15-21(24-10-4-6-12-26-24)17-23(22(20)16-19)25-11-5-7-13-27-25;1-6-4-2-3-5-6;1-3-2;;;/h1-17H;2-5H,1H3;1-2H3;2*1H;/q2*-1;;;;+2/p-2. The van der Waals surface area contributed by atoms with Gasteiger partial charge in [-0.05, 0) is 35.4 Å². The number of pyridine rings is 2. The molecule has 0 amide bonds. The fourth-order valence-electron chi connectivity index (χ4n) is 4.00. The third kappa shape index (κ3) is 9.51. The normalized spacial score (nSPS) is 9.67. The first-order valence-electron chi connectivity index (χ1n) is 12.3. The van der Waals surface area contributed by atoms with Crippen LogP contribution in [0.25, 0.3) is 44.4 Å². The van der Waals surface area contributed by atoms with Crippen LogP contribution in [0, 0.1) is 6.92 Å². The van der Waals surface area contributed by atoms with E-state index >= 15 is 0 Å². The Morgan fingerprint density at radius 3 is 1.77 bits per heavy atom. The maximum atomic E-state index is 4.60. The predicted molar refractivity (Wildman–Crippen MR) is 156 cm³/mol. The van der Waals surface area contributed by atoms with E-state index in [1.165, 1.54) is 27.5 Å². The van der Waals surface area contributed by atoms with E-state index in [4.69, 9.17) is 0 Å². The Morgan fingerprint density at radius 2 is 1.26 bits per heavy atom. The molecule has 0 saturated carbocycles. The largest absolute Gasteiger partial charge is 1.00 e. The fraction of sp³-hybridized carbons (Fsp3) is 0.0909. The summed E-state index contributed by atoms with van der Waals surface area (Å²) in [6.07, 6.45) is 3.68. The van der Waals surface area contributed by atoms with Crippen LogP contribution < -0.4 is 24.8 Å². The molecule has 4 aromatic carbocycles. The van der Waals surface area contributed by atoms with Gasteiger partial charge in [-0.1, -0.05) is 61.0 Å². The average molecular weight is 645 g/mol. The monoisotopic (exact) mass is 642 g/mol. The van der Waals surface area contributed by atoms with Crippen LogP contribution in [-0.4, -0.2) is 15.4 Å². The zero-order valence-electron chi connectivity index (χ0n) is 22.3. The Labute approximate surface area is 259 Å². The van der Waals surface area contributed by atoms with E-state index in [1.54, 1.807) is 23.3 Å². The van der Waals surface area contributed by atoms with E-state index in [0.29, 0.717) is 0 Å². The van der Waals surface area contributed by atoms with Gasteiger partial charge in [0.25, 0.3) is 0 Å². The number of aryl methyl sites for hydroxylation is 1. The van der Waals surface area contributed by atoms with Gasteiger partial charge in [-0.15, -0.1) is 34.5 Å². The zero-order chi connectivity index (χ0) is 26.0. The van der Waals surface area contributed by atoms with Crippen molar-refractivity contribution in [1.29, 1.82) is 0 Å². The molecule has 0 N–H and O–H groups in total. The summed E-state index contributed by atoms with van der Waals surface area (Å²) >= 11 is 1.74. The maximum Gasteiger partial charge on any atom is 0.0627 e. The SMILES string of the molecule is C[Si](C)=[Zr+2].C[c-]1cccc1.[Cl-].[Cl-].c1ccc(-c2cc3c(-c4ccccn4)cc(-c4ccccn4)cc3[cH-]2)cc1. The molecule has 6 heteroatoms. The van der Waals surface area contributed by atoms with Crippen molar-refractivity contribution in [1.82, 2.24) is 9.97 Å². The van der Waals surface area contributed by atoms with E-state index in [-0.39, 0.29) is 30.2 Å². The summed E-state index contributed by atoms with van der Waals surface area (Å²) in [5.74, 6) is 0. The van der Waals surface area contributed by atoms with Gasteiger partial charge in [0, 0.05) is 12.4 Å². The third-order valence-corrected chi connectivity index (χ3v) is 5.66. The van der Waals surface area contributed by atoms with Crippen molar-refractivity contribution in [3.05, 3.63) is 133 Å². The van der Waals surface area contributed by atoms with Gasteiger partial charge in [-0.2, -0.15) is 17.7 Å². The molecule has 0 aliphatic heterocycles. The van der Waals surface area contributed by atoms with Crippen molar-refractivity contribution < 1.29 is 48.1 Å². The summed E-state index contributed by atoms with van der Waals surface area (Å²) in [6, 6.07) is 39.7. The minimum absolute atomic E-state index is 0. The van der Waals surface area contributed by atoms with Gasteiger partial charge in [-0.3, -0.25) is 9.97 Å². The second kappa shape index (κ2) is 16.5. The molecule has 2 heterocycles. The van der Waals surface area contributed by atoms with E-state index < -0.39 is 0 Å². The van der Waals surface area contributed by atoms with Crippen LogP contribution in [-0.2, 0) is 23.3 Å². The molecule has 0 fully saturated rings. The summed E-state index contributed by atoms with van der Waals surface area (Å²) < 4.78 is 0. The molecule has 0 aliphatic carbocycles. The Morgan fingerprint density at radius 1 is 0.692 bits per heavy atom. The predicted octanol–water partition coefficient (Wildman–Crippen LogP) is 2.86. The Hall–Kier alpha value is -2.62. The van der Waals surface area contributed by atoms with Crippen molar-refractivity contribution in [3.8, 4) is 33.6 Å². The average Bonchev–Trinajstić information content (AvgIpc) is 3.59. The number of hydrogen-bond acceptors (Lipinski definition) is 2. The molecule has 0 aliphatic rings. The van der Waals surface area contributed by atoms with Gasteiger partial charge in [0.2, 0.25) is 0 Å². The smallest absolute Gasteiger partial charge is 0.0627 e.